The molecule has 0 bridgehead atoms. The smallest absolute Gasteiger partial charge is 0.262 e. The Bertz CT molecular complexity index is 528. The molecule has 0 saturated carbocycles. The van der Waals surface area contributed by atoms with E-state index in [-0.39, 0.29) is 5.91 Å². The fraction of sp³-hybridized carbons (Fsp3) is 0.273. The van der Waals surface area contributed by atoms with Gasteiger partial charge in [-0.3, -0.25) is 4.79 Å². The van der Waals surface area contributed by atoms with Crippen LogP contribution in [0, 0.1) is 13.8 Å². The number of hydrogen-bond donors (Lipinski definition) is 1. The van der Waals surface area contributed by atoms with Crippen molar-refractivity contribution in [2.24, 2.45) is 0 Å². The van der Waals surface area contributed by atoms with Gasteiger partial charge in [-0.05, 0) is 41.2 Å². The molecular formula is C11H11BrN2O2S. The van der Waals surface area contributed by atoms with Crippen LogP contribution >= 0.6 is 27.3 Å². The Kier molecular flexibility index (Phi) is 3.63. The number of aromatic nitrogens is 1. The first-order chi connectivity index (χ1) is 8.09. The third kappa shape index (κ3) is 2.58. The number of thiophene rings is 1. The molecule has 0 saturated heterocycles. The number of rotatable bonds is 3. The molecule has 17 heavy (non-hydrogen) atoms. The summed E-state index contributed by atoms with van der Waals surface area (Å²) in [5.41, 5.74) is 1.75. The number of aryl methyl sites for hydroxylation is 2. The fourth-order valence-corrected chi connectivity index (χ4v) is 2.93. The van der Waals surface area contributed by atoms with Gasteiger partial charge in [-0.25, -0.2) is 0 Å². The first kappa shape index (κ1) is 12.3. The molecule has 0 atom stereocenters. The molecule has 0 unspecified atom stereocenters. The molecule has 0 aromatic carbocycles. The average Bonchev–Trinajstić information content (AvgIpc) is 2.84. The highest BCUT2D eigenvalue weighted by Crippen LogP contribution is 2.22. The molecule has 2 aromatic heterocycles. The molecule has 2 heterocycles. The molecule has 0 radical (unpaired) electrons. The van der Waals surface area contributed by atoms with E-state index in [1.54, 1.807) is 0 Å². The SMILES string of the molecule is Cc1noc(C)c1CNC(=O)c1sccc1Br. The fourth-order valence-electron chi connectivity index (χ4n) is 1.46. The molecule has 2 rings (SSSR count). The van der Waals surface area contributed by atoms with Gasteiger partial charge in [0.2, 0.25) is 0 Å². The van der Waals surface area contributed by atoms with Crippen LogP contribution < -0.4 is 5.32 Å². The van der Waals surface area contributed by atoms with Crippen LogP contribution in [0.3, 0.4) is 0 Å². The first-order valence-electron chi connectivity index (χ1n) is 5.02. The van der Waals surface area contributed by atoms with Crippen molar-refractivity contribution < 1.29 is 9.32 Å². The monoisotopic (exact) mass is 314 g/mol. The normalized spacial score (nSPS) is 10.5. The maximum absolute atomic E-state index is 11.9. The Morgan fingerprint density at radius 2 is 2.35 bits per heavy atom. The van der Waals surface area contributed by atoms with Crippen molar-refractivity contribution in [3.8, 4) is 0 Å². The van der Waals surface area contributed by atoms with E-state index in [1.165, 1.54) is 11.3 Å². The van der Waals surface area contributed by atoms with Gasteiger partial charge < -0.3 is 9.84 Å². The molecule has 1 amide bonds. The second-order valence-corrected chi connectivity index (χ2v) is 5.35. The number of nitrogens with zero attached hydrogens (tertiary/aromatic N) is 1. The van der Waals surface area contributed by atoms with Gasteiger partial charge in [0.15, 0.2) is 0 Å². The minimum Gasteiger partial charge on any atom is -0.361 e. The van der Waals surface area contributed by atoms with Gasteiger partial charge in [0.1, 0.15) is 10.6 Å². The molecule has 0 fully saturated rings. The van der Waals surface area contributed by atoms with Crippen LogP contribution in [-0.4, -0.2) is 11.1 Å². The van der Waals surface area contributed by atoms with Crippen molar-refractivity contribution in [2.45, 2.75) is 20.4 Å². The second kappa shape index (κ2) is 5.01. The zero-order valence-corrected chi connectivity index (χ0v) is 11.8. The summed E-state index contributed by atoms with van der Waals surface area (Å²) in [7, 11) is 0. The zero-order chi connectivity index (χ0) is 12.4. The van der Waals surface area contributed by atoms with E-state index in [4.69, 9.17) is 4.52 Å². The van der Waals surface area contributed by atoms with Gasteiger partial charge in [-0.1, -0.05) is 5.16 Å². The summed E-state index contributed by atoms with van der Waals surface area (Å²) < 4.78 is 5.85. The van der Waals surface area contributed by atoms with Crippen molar-refractivity contribution in [3.63, 3.8) is 0 Å². The quantitative estimate of drug-likeness (QED) is 0.947. The highest BCUT2D eigenvalue weighted by molar-refractivity contribution is 9.10. The summed E-state index contributed by atoms with van der Waals surface area (Å²) in [4.78, 5) is 12.5. The standard InChI is InChI=1S/C11H11BrN2O2S/c1-6-8(7(2)16-14-6)5-13-11(15)10-9(12)3-4-17-10/h3-4H,5H2,1-2H3,(H,13,15). The molecule has 0 aliphatic heterocycles. The van der Waals surface area contributed by atoms with Crippen molar-refractivity contribution in [1.29, 1.82) is 0 Å². The molecular weight excluding hydrogens is 304 g/mol. The Labute approximate surface area is 111 Å². The number of amides is 1. The van der Waals surface area contributed by atoms with E-state index in [0.717, 1.165) is 21.5 Å². The maximum Gasteiger partial charge on any atom is 0.262 e. The third-order valence-corrected chi connectivity index (χ3v) is 4.27. The van der Waals surface area contributed by atoms with E-state index >= 15 is 0 Å². The lowest BCUT2D eigenvalue weighted by molar-refractivity contribution is 0.0954. The van der Waals surface area contributed by atoms with Gasteiger partial charge >= 0.3 is 0 Å². The highest BCUT2D eigenvalue weighted by Gasteiger charge is 2.14. The van der Waals surface area contributed by atoms with Crippen molar-refractivity contribution >= 4 is 33.2 Å². The lowest BCUT2D eigenvalue weighted by Crippen LogP contribution is -2.22. The molecule has 0 spiro atoms. The molecule has 0 aliphatic rings. The summed E-state index contributed by atoms with van der Waals surface area (Å²) in [5, 5.41) is 8.56. The molecule has 4 nitrogen and oxygen atoms in total. The lowest BCUT2D eigenvalue weighted by Gasteiger charge is -2.03. The van der Waals surface area contributed by atoms with Gasteiger partial charge in [0.05, 0.1) is 5.69 Å². The number of carbonyl (C=O) groups excluding carboxylic acids is 1. The topological polar surface area (TPSA) is 55.1 Å². The van der Waals surface area contributed by atoms with Crippen LogP contribution in [0.2, 0.25) is 0 Å². The highest BCUT2D eigenvalue weighted by atomic mass is 79.9. The van der Waals surface area contributed by atoms with Crippen LogP contribution in [0.5, 0.6) is 0 Å². The Balaban J connectivity index is 2.05. The lowest BCUT2D eigenvalue weighted by atomic mass is 10.2. The number of hydrogen-bond acceptors (Lipinski definition) is 4. The summed E-state index contributed by atoms with van der Waals surface area (Å²) in [5.74, 6) is 0.653. The van der Waals surface area contributed by atoms with Crippen molar-refractivity contribution in [2.75, 3.05) is 0 Å². The number of nitrogens with one attached hydrogen (secondary N) is 1. The van der Waals surface area contributed by atoms with Crippen LogP contribution in [0.1, 0.15) is 26.7 Å². The van der Waals surface area contributed by atoms with E-state index in [1.807, 2.05) is 25.3 Å². The molecule has 90 valence electrons. The number of carbonyl (C=O) groups is 1. The average molecular weight is 315 g/mol. The van der Waals surface area contributed by atoms with Crippen molar-refractivity contribution in [1.82, 2.24) is 10.5 Å². The van der Waals surface area contributed by atoms with Crippen LogP contribution in [0.15, 0.2) is 20.4 Å². The minimum atomic E-state index is -0.0909. The minimum absolute atomic E-state index is 0.0909. The second-order valence-electron chi connectivity index (χ2n) is 3.58. The summed E-state index contributed by atoms with van der Waals surface area (Å²) in [6.07, 6.45) is 0. The molecule has 2 aromatic rings. The Morgan fingerprint density at radius 1 is 1.59 bits per heavy atom. The summed E-state index contributed by atoms with van der Waals surface area (Å²) >= 11 is 4.74. The predicted molar refractivity (Wildman–Crippen MR) is 69.2 cm³/mol. The maximum atomic E-state index is 11.9. The van der Waals surface area contributed by atoms with Crippen LogP contribution in [0.4, 0.5) is 0 Å². The predicted octanol–water partition coefficient (Wildman–Crippen LogP) is 3.05. The van der Waals surface area contributed by atoms with Gasteiger partial charge in [-0.15, -0.1) is 11.3 Å². The Hall–Kier alpha value is -1.14. The van der Waals surface area contributed by atoms with Gasteiger partial charge in [0, 0.05) is 16.6 Å². The summed E-state index contributed by atoms with van der Waals surface area (Å²) in [6, 6.07) is 1.86. The van der Waals surface area contributed by atoms with Gasteiger partial charge in [0.25, 0.3) is 5.91 Å². The van der Waals surface area contributed by atoms with E-state index < -0.39 is 0 Å². The Morgan fingerprint density at radius 3 is 2.88 bits per heavy atom. The van der Waals surface area contributed by atoms with E-state index in [9.17, 15) is 4.79 Å². The van der Waals surface area contributed by atoms with E-state index in [2.05, 4.69) is 26.4 Å². The largest absolute Gasteiger partial charge is 0.361 e. The van der Waals surface area contributed by atoms with Gasteiger partial charge in [-0.2, -0.15) is 0 Å². The summed E-state index contributed by atoms with van der Waals surface area (Å²) in [6.45, 7) is 4.13. The number of halogens is 1. The molecule has 0 aliphatic carbocycles. The molecule has 1 N–H and O–H groups in total. The third-order valence-electron chi connectivity index (χ3n) is 2.43. The molecule has 6 heteroatoms. The van der Waals surface area contributed by atoms with E-state index in [0.29, 0.717) is 11.4 Å². The first-order valence-corrected chi connectivity index (χ1v) is 6.70. The van der Waals surface area contributed by atoms with Crippen LogP contribution in [0.25, 0.3) is 0 Å². The zero-order valence-electron chi connectivity index (χ0n) is 9.41. The van der Waals surface area contributed by atoms with Crippen LogP contribution in [-0.2, 0) is 6.54 Å². The van der Waals surface area contributed by atoms with Crippen molar-refractivity contribution in [3.05, 3.63) is 37.8 Å².